The Hall–Kier alpha value is -3.84. The maximum atomic E-state index is 13.5. The molecule has 3 rings (SSSR count). The van der Waals surface area contributed by atoms with Gasteiger partial charge in [-0.05, 0) is 10.4 Å². The van der Waals surface area contributed by atoms with Crippen molar-refractivity contribution in [2.24, 2.45) is 14.1 Å². The number of hydrogen-bond acceptors (Lipinski definition) is 7. The predicted octanol–water partition coefficient (Wildman–Crippen LogP) is -0.876. The lowest BCUT2D eigenvalue weighted by atomic mass is 10.2. The van der Waals surface area contributed by atoms with E-state index in [0.29, 0.717) is 16.8 Å². The average Bonchev–Trinajstić information content (AvgIpc) is 3.00. The summed E-state index contributed by atoms with van der Waals surface area (Å²) in [6.45, 7) is 0. The second-order valence-corrected chi connectivity index (χ2v) is 5.20. The Morgan fingerprint density at radius 3 is 2.26 bits per heavy atom. The molecule has 11 nitrogen and oxygen atoms in total. The maximum absolute atomic E-state index is 13.5. The molecule has 0 radical (unpaired) electrons. The molecule has 0 unspecified atom stereocenters. The molecule has 0 spiro atoms. The molecule has 0 fully saturated rings. The summed E-state index contributed by atoms with van der Waals surface area (Å²) in [5, 5.41) is 16.0. The lowest BCUT2D eigenvalue weighted by molar-refractivity contribution is 0.101. The van der Waals surface area contributed by atoms with Gasteiger partial charge in [0, 0.05) is 26.2 Å². The van der Waals surface area contributed by atoms with Crippen LogP contribution >= 0.6 is 0 Å². The molecular formula is C13H9F3N8O3. The van der Waals surface area contributed by atoms with Gasteiger partial charge in [-0.2, -0.15) is 5.10 Å². The van der Waals surface area contributed by atoms with Crippen molar-refractivity contribution in [3.8, 4) is 5.69 Å². The third-order valence-corrected chi connectivity index (χ3v) is 3.41. The summed E-state index contributed by atoms with van der Waals surface area (Å²) in [6, 6.07) is 0.880. The third kappa shape index (κ3) is 3.07. The van der Waals surface area contributed by atoms with Gasteiger partial charge < -0.3 is 0 Å². The van der Waals surface area contributed by atoms with Gasteiger partial charge in [0.25, 0.3) is 11.5 Å². The Kier molecular flexibility index (Phi) is 4.31. The SMILES string of the molecule is Cn1nnnc1NC(=O)c1nn(C)c(=O)n(-c2cc(F)c(F)c(F)c2)c1=O. The molecule has 140 valence electrons. The molecule has 27 heavy (non-hydrogen) atoms. The summed E-state index contributed by atoms with van der Waals surface area (Å²) in [5.74, 6) is -6.21. The first-order valence-electron chi connectivity index (χ1n) is 7.09. The quantitative estimate of drug-likeness (QED) is 0.583. The maximum Gasteiger partial charge on any atom is 0.351 e. The molecule has 1 aromatic carbocycles. The fourth-order valence-electron chi connectivity index (χ4n) is 2.11. The number of amides is 1. The van der Waals surface area contributed by atoms with Gasteiger partial charge in [0.2, 0.25) is 11.6 Å². The smallest absolute Gasteiger partial charge is 0.288 e. The number of halogens is 3. The van der Waals surface area contributed by atoms with Crippen LogP contribution in [0.2, 0.25) is 0 Å². The van der Waals surface area contributed by atoms with E-state index in [0.717, 1.165) is 11.7 Å². The number of hydrogen-bond donors (Lipinski definition) is 1. The molecule has 0 saturated heterocycles. The number of nitrogens with zero attached hydrogens (tertiary/aromatic N) is 7. The van der Waals surface area contributed by atoms with E-state index in [-0.39, 0.29) is 10.5 Å². The standard InChI is InChI=1S/C13H9F3N8O3/c1-22-12(18-20-21-22)17-10(25)9-11(26)24(13(27)23(2)19-9)5-3-6(14)8(16)7(15)4-5/h3-4H,1-2H3,(H,17,18,21,25). The van der Waals surface area contributed by atoms with Crippen LogP contribution in [-0.2, 0) is 14.1 Å². The molecule has 14 heteroatoms. The van der Waals surface area contributed by atoms with Crippen molar-refractivity contribution in [2.75, 3.05) is 5.32 Å². The molecule has 0 aliphatic rings. The molecule has 0 bridgehead atoms. The minimum absolute atomic E-state index is 0.125. The van der Waals surface area contributed by atoms with Crippen molar-refractivity contribution >= 4 is 11.9 Å². The lowest BCUT2D eigenvalue weighted by Crippen LogP contribution is -2.43. The van der Waals surface area contributed by atoms with E-state index >= 15 is 0 Å². The molecule has 0 aliphatic heterocycles. The van der Waals surface area contributed by atoms with Gasteiger partial charge >= 0.3 is 5.69 Å². The predicted molar refractivity (Wildman–Crippen MR) is 81.7 cm³/mol. The number of carbonyl (C=O) groups is 1. The van der Waals surface area contributed by atoms with Crippen molar-refractivity contribution in [1.29, 1.82) is 0 Å². The van der Waals surface area contributed by atoms with Crippen LogP contribution in [0.5, 0.6) is 0 Å². The van der Waals surface area contributed by atoms with Gasteiger partial charge in [0.1, 0.15) is 0 Å². The highest BCUT2D eigenvalue weighted by Crippen LogP contribution is 2.15. The van der Waals surface area contributed by atoms with E-state index < -0.39 is 46.0 Å². The summed E-state index contributed by atoms with van der Waals surface area (Å²) < 4.78 is 42.1. The number of rotatable bonds is 3. The van der Waals surface area contributed by atoms with Gasteiger partial charge in [-0.1, -0.05) is 5.10 Å². The van der Waals surface area contributed by atoms with Gasteiger partial charge in [0.15, 0.2) is 17.5 Å². The van der Waals surface area contributed by atoms with Gasteiger partial charge in [-0.15, -0.1) is 0 Å². The summed E-state index contributed by atoms with van der Waals surface area (Å²) >= 11 is 0. The minimum Gasteiger partial charge on any atom is -0.288 e. The summed E-state index contributed by atoms with van der Waals surface area (Å²) in [4.78, 5) is 37.0. The van der Waals surface area contributed by atoms with Crippen molar-refractivity contribution in [3.63, 3.8) is 0 Å². The molecule has 0 saturated carbocycles. The van der Waals surface area contributed by atoms with Crippen molar-refractivity contribution in [1.82, 2.24) is 34.6 Å². The molecule has 1 amide bonds. The Labute approximate surface area is 146 Å². The number of aryl methyl sites for hydroxylation is 2. The Balaban J connectivity index is 2.17. The topological polar surface area (TPSA) is 130 Å². The summed E-state index contributed by atoms with van der Waals surface area (Å²) in [5.41, 5.74) is -3.79. The number of benzene rings is 1. The highest BCUT2D eigenvalue weighted by Gasteiger charge is 2.22. The van der Waals surface area contributed by atoms with E-state index in [2.05, 4.69) is 25.9 Å². The largest absolute Gasteiger partial charge is 0.351 e. The summed E-state index contributed by atoms with van der Waals surface area (Å²) in [6.07, 6.45) is 0. The third-order valence-electron chi connectivity index (χ3n) is 3.41. The van der Waals surface area contributed by atoms with Crippen LogP contribution in [0.4, 0.5) is 19.1 Å². The van der Waals surface area contributed by atoms with Crippen LogP contribution in [0.3, 0.4) is 0 Å². The lowest BCUT2D eigenvalue weighted by Gasteiger charge is -2.10. The highest BCUT2D eigenvalue weighted by atomic mass is 19.2. The molecule has 2 heterocycles. The van der Waals surface area contributed by atoms with Gasteiger partial charge in [-0.3, -0.25) is 14.9 Å². The van der Waals surface area contributed by atoms with Crippen LogP contribution in [0.1, 0.15) is 10.5 Å². The highest BCUT2D eigenvalue weighted by molar-refractivity contribution is 6.01. The fourth-order valence-corrected chi connectivity index (χ4v) is 2.11. The number of tetrazole rings is 1. The molecule has 0 aliphatic carbocycles. The normalized spacial score (nSPS) is 10.9. The zero-order chi connectivity index (χ0) is 19.9. The number of aromatic nitrogens is 7. The van der Waals surface area contributed by atoms with Crippen molar-refractivity contribution in [3.05, 3.63) is 56.1 Å². The Morgan fingerprint density at radius 2 is 1.70 bits per heavy atom. The molecule has 2 aromatic heterocycles. The fraction of sp³-hybridized carbons (Fsp3) is 0.154. The van der Waals surface area contributed by atoms with Crippen LogP contribution in [0.25, 0.3) is 5.69 Å². The minimum atomic E-state index is -1.77. The van der Waals surface area contributed by atoms with Crippen molar-refractivity contribution < 1.29 is 18.0 Å². The van der Waals surface area contributed by atoms with E-state index in [9.17, 15) is 27.6 Å². The molecular weight excluding hydrogens is 373 g/mol. The van der Waals surface area contributed by atoms with E-state index in [4.69, 9.17) is 0 Å². The van der Waals surface area contributed by atoms with Crippen LogP contribution < -0.4 is 16.6 Å². The average molecular weight is 382 g/mol. The first-order valence-corrected chi connectivity index (χ1v) is 7.09. The zero-order valence-electron chi connectivity index (χ0n) is 13.6. The van der Waals surface area contributed by atoms with E-state index in [1.807, 2.05) is 0 Å². The van der Waals surface area contributed by atoms with Gasteiger partial charge in [-0.25, -0.2) is 31.9 Å². The monoisotopic (exact) mass is 382 g/mol. The molecule has 0 atom stereocenters. The second kappa shape index (κ2) is 6.47. The number of carbonyl (C=O) groups excluding carboxylic acids is 1. The van der Waals surface area contributed by atoms with Crippen LogP contribution in [-0.4, -0.2) is 40.5 Å². The Morgan fingerprint density at radius 1 is 1.07 bits per heavy atom. The number of nitrogens with one attached hydrogen (secondary N) is 1. The first-order chi connectivity index (χ1) is 12.7. The Bertz CT molecular complexity index is 1160. The molecule has 1 N–H and O–H groups in total. The van der Waals surface area contributed by atoms with Crippen molar-refractivity contribution in [2.45, 2.75) is 0 Å². The van der Waals surface area contributed by atoms with Crippen LogP contribution in [0.15, 0.2) is 21.7 Å². The molecule has 3 aromatic rings. The van der Waals surface area contributed by atoms with E-state index in [1.54, 1.807) is 0 Å². The number of anilines is 1. The second-order valence-electron chi connectivity index (χ2n) is 5.20. The zero-order valence-corrected chi connectivity index (χ0v) is 13.6. The first kappa shape index (κ1) is 18.0. The van der Waals surface area contributed by atoms with E-state index in [1.165, 1.54) is 7.05 Å². The summed E-state index contributed by atoms with van der Waals surface area (Å²) in [7, 11) is 2.52. The van der Waals surface area contributed by atoms with Crippen LogP contribution in [0, 0.1) is 17.5 Å². The van der Waals surface area contributed by atoms with Gasteiger partial charge in [0.05, 0.1) is 5.69 Å².